The monoisotopic (exact) mass is 297 g/mol. The number of fused-ring (bicyclic) bond motifs is 1. The van der Waals surface area contributed by atoms with E-state index in [-0.39, 0.29) is 6.04 Å². The number of rotatable bonds is 5. The van der Waals surface area contributed by atoms with Crippen LogP contribution in [0.3, 0.4) is 0 Å². The van der Waals surface area contributed by atoms with E-state index in [2.05, 4.69) is 58.8 Å². The summed E-state index contributed by atoms with van der Waals surface area (Å²) in [6.07, 6.45) is 4.70. The first-order valence-corrected chi connectivity index (χ1v) is 8.13. The predicted molar refractivity (Wildman–Crippen MR) is 88.7 cm³/mol. The summed E-state index contributed by atoms with van der Waals surface area (Å²) in [4.78, 5) is 8.82. The predicted octanol–water partition coefficient (Wildman–Crippen LogP) is 3.89. The lowest BCUT2D eigenvalue weighted by Gasteiger charge is -2.19. The molecule has 0 aliphatic rings. The second kappa shape index (κ2) is 6.33. The van der Waals surface area contributed by atoms with Gasteiger partial charge in [0.25, 0.3) is 0 Å². The lowest BCUT2D eigenvalue weighted by Crippen LogP contribution is -2.23. The van der Waals surface area contributed by atoms with Gasteiger partial charge in [0.2, 0.25) is 0 Å². The molecule has 3 rings (SSSR count). The lowest BCUT2D eigenvalue weighted by atomic mass is 9.97. The maximum Gasteiger partial charge on any atom is 0.0897 e. The van der Waals surface area contributed by atoms with E-state index in [1.54, 1.807) is 11.3 Å². The van der Waals surface area contributed by atoms with Gasteiger partial charge in [-0.05, 0) is 30.5 Å². The molecular formula is C17H19N3S. The molecule has 0 saturated carbocycles. The second-order valence-electron chi connectivity index (χ2n) is 5.12. The van der Waals surface area contributed by atoms with Gasteiger partial charge in [-0.1, -0.05) is 25.1 Å². The summed E-state index contributed by atoms with van der Waals surface area (Å²) in [6, 6.07) is 8.80. The van der Waals surface area contributed by atoms with Gasteiger partial charge in [-0.2, -0.15) is 0 Å². The van der Waals surface area contributed by atoms with E-state index in [0.717, 1.165) is 23.7 Å². The average molecular weight is 297 g/mol. The molecule has 0 radical (unpaired) electrons. The number of aromatic nitrogens is 2. The zero-order valence-electron chi connectivity index (χ0n) is 12.3. The molecule has 0 saturated heterocycles. The molecular weight excluding hydrogens is 278 g/mol. The summed E-state index contributed by atoms with van der Waals surface area (Å²) in [7, 11) is 0. The van der Waals surface area contributed by atoms with Crippen molar-refractivity contribution in [3.63, 3.8) is 0 Å². The Labute approximate surface area is 129 Å². The maximum absolute atomic E-state index is 4.60. The highest BCUT2D eigenvalue weighted by atomic mass is 32.1. The highest BCUT2D eigenvalue weighted by molar-refractivity contribution is 7.09. The number of likely N-dealkylation sites (N-methyl/N-ethyl adjacent to an activating group) is 1. The van der Waals surface area contributed by atoms with E-state index in [1.165, 1.54) is 16.3 Å². The van der Waals surface area contributed by atoms with Gasteiger partial charge in [-0.25, -0.2) is 4.98 Å². The first kappa shape index (κ1) is 14.2. The van der Waals surface area contributed by atoms with Crippen LogP contribution in [0.25, 0.3) is 10.8 Å². The molecule has 4 heteroatoms. The summed E-state index contributed by atoms with van der Waals surface area (Å²) in [6.45, 7) is 5.14. The smallest absolute Gasteiger partial charge is 0.0897 e. The van der Waals surface area contributed by atoms with Crippen molar-refractivity contribution < 1.29 is 0 Å². The SMILES string of the molecule is CCNC(Cc1csc(C)n1)c1cccc2cnccc12. The van der Waals surface area contributed by atoms with Crippen molar-refractivity contribution in [3.8, 4) is 0 Å². The molecule has 0 aliphatic carbocycles. The van der Waals surface area contributed by atoms with E-state index >= 15 is 0 Å². The van der Waals surface area contributed by atoms with Crippen LogP contribution in [0.4, 0.5) is 0 Å². The van der Waals surface area contributed by atoms with Gasteiger partial charge >= 0.3 is 0 Å². The highest BCUT2D eigenvalue weighted by Crippen LogP contribution is 2.26. The van der Waals surface area contributed by atoms with Crippen LogP contribution >= 0.6 is 11.3 Å². The normalized spacial score (nSPS) is 12.7. The number of nitrogens with one attached hydrogen (secondary N) is 1. The molecule has 0 fully saturated rings. The van der Waals surface area contributed by atoms with Crippen LogP contribution in [-0.4, -0.2) is 16.5 Å². The fourth-order valence-corrected chi connectivity index (χ4v) is 3.33. The summed E-state index contributed by atoms with van der Waals surface area (Å²) in [5.74, 6) is 0. The summed E-state index contributed by atoms with van der Waals surface area (Å²) in [5, 5.41) is 9.34. The van der Waals surface area contributed by atoms with Crippen molar-refractivity contribution in [2.75, 3.05) is 6.54 Å². The topological polar surface area (TPSA) is 37.8 Å². The Hall–Kier alpha value is -1.78. The Morgan fingerprint density at radius 2 is 2.19 bits per heavy atom. The van der Waals surface area contributed by atoms with Crippen LogP contribution < -0.4 is 5.32 Å². The Morgan fingerprint density at radius 1 is 1.29 bits per heavy atom. The van der Waals surface area contributed by atoms with Crippen LogP contribution in [0, 0.1) is 6.92 Å². The summed E-state index contributed by atoms with van der Waals surface area (Å²) in [5.41, 5.74) is 2.48. The third-order valence-electron chi connectivity index (χ3n) is 3.62. The van der Waals surface area contributed by atoms with Crippen LogP contribution in [0.5, 0.6) is 0 Å². The van der Waals surface area contributed by atoms with Gasteiger partial charge in [-0.3, -0.25) is 4.98 Å². The average Bonchev–Trinajstić information content (AvgIpc) is 2.91. The van der Waals surface area contributed by atoms with Gasteiger partial charge in [0, 0.05) is 35.6 Å². The molecule has 1 unspecified atom stereocenters. The van der Waals surface area contributed by atoms with Gasteiger partial charge in [0.1, 0.15) is 0 Å². The van der Waals surface area contributed by atoms with E-state index in [1.807, 2.05) is 12.4 Å². The maximum atomic E-state index is 4.60. The van der Waals surface area contributed by atoms with Gasteiger partial charge < -0.3 is 5.32 Å². The second-order valence-corrected chi connectivity index (χ2v) is 6.18. The molecule has 0 bridgehead atoms. The highest BCUT2D eigenvalue weighted by Gasteiger charge is 2.15. The largest absolute Gasteiger partial charge is 0.310 e. The molecule has 0 amide bonds. The molecule has 21 heavy (non-hydrogen) atoms. The minimum Gasteiger partial charge on any atom is -0.310 e. The number of hydrogen-bond acceptors (Lipinski definition) is 4. The van der Waals surface area contributed by atoms with Crippen molar-refractivity contribution in [2.45, 2.75) is 26.3 Å². The number of pyridine rings is 1. The molecule has 0 aliphatic heterocycles. The Bertz CT molecular complexity index is 730. The van der Waals surface area contributed by atoms with Crippen molar-refractivity contribution in [2.24, 2.45) is 0 Å². The third-order valence-corrected chi connectivity index (χ3v) is 4.44. The molecule has 1 atom stereocenters. The number of thiazole rings is 1. The first-order chi connectivity index (χ1) is 10.3. The van der Waals surface area contributed by atoms with Gasteiger partial charge in [0.05, 0.1) is 10.7 Å². The van der Waals surface area contributed by atoms with Crippen molar-refractivity contribution in [1.29, 1.82) is 0 Å². The molecule has 2 heterocycles. The Balaban J connectivity index is 1.98. The molecule has 108 valence electrons. The number of nitrogens with zero attached hydrogens (tertiary/aromatic N) is 2. The summed E-state index contributed by atoms with van der Waals surface area (Å²) >= 11 is 1.71. The zero-order chi connectivity index (χ0) is 14.7. The fraction of sp³-hybridized carbons (Fsp3) is 0.294. The molecule has 2 aromatic heterocycles. The number of benzene rings is 1. The molecule has 1 aromatic carbocycles. The zero-order valence-corrected chi connectivity index (χ0v) is 13.2. The van der Waals surface area contributed by atoms with E-state index in [0.29, 0.717) is 0 Å². The van der Waals surface area contributed by atoms with Crippen LogP contribution in [0.15, 0.2) is 42.0 Å². The molecule has 1 N–H and O–H groups in total. The van der Waals surface area contributed by atoms with E-state index < -0.39 is 0 Å². The van der Waals surface area contributed by atoms with E-state index in [9.17, 15) is 0 Å². The number of hydrogen-bond donors (Lipinski definition) is 1. The molecule has 0 spiro atoms. The van der Waals surface area contributed by atoms with Crippen LogP contribution in [0.2, 0.25) is 0 Å². The Kier molecular flexibility index (Phi) is 4.27. The van der Waals surface area contributed by atoms with Crippen LogP contribution in [0.1, 0.15) is 29.2 Å². The van der Waals surface area contributed by atoms with Gasteiger partial charge in [0.15, 0.2) is 0 Å². The van der Waals surface area contributed by atoms with Crippen molar-refractivity contribution in [3.05, 3.63) is 58.3 Å². The minimum absolute atomic E-state index is 0.280. The van der Waals surface area contributed by atoms with E-state index in [4.69, 9.17) is 0 Å². The fourth-order valence-electron chi connectivity index (χ4n) is 2.70. The summed E-state index contributed by atoms with van der Waals surface area (Å²) < 4.78 is 0. The van der Waals surface area contributed by atoms with Crippen molar-refractivity contribution in [1.82, 2.24) is 15.3 Å². The standard InChI is InChI=1S/C17H19N3S/c1-3-19-17(9-14-11-21-12(2)20-14)16-6-4-5-13-10-18-8-7-15(13)16/h4-8,10-11,17,19H,3,9H2,1-2H3. The van der Waals surface area contributed by atoms with Gasteiger partial charge in [-0.15, -0.1) is 11.3 Å². The molecule has 3 nitrogen and oxygen atoms in total. The first-order valence-electron chi connectivity index (χ1n) is 7.25. The van der Waals surface area contributed by atoms with Crippen LogP contribution in [-0.2, 0) is 6.42 Å². The Morgan fingerprint density at radius 3 is 2.95 bits per heavy atom. The lowest BCUT2D eigenvalue weighted by molar-refractivity contribution is 0.548. The quantitative estimate of drug-likeness (QED) is 0.776. The third kappa shape index (κ3) is 3.12. The van der Waals surface area contributed by atoms with Crippen molar-refractivity contribution >= 4 is 22.1 Å². The minimum atomic E-state index is 0.280. The number of aryl methyl sites for hydroxylation is 1. The molecule has 3 aromatic rings.